The molecule has 0 saturated carbocycles. The molecule has 0 atom stereocenters. The van der Waals surface area contributed by atoms with E-state index in [1.807, 2.05) is 49.4 Å². The van der Waals surface area contributed by atoms with Crippen LogP contribution in [0.5, 0.6) is 5.75 Å². The lowest BCUT2D eigenvalue weighted by molar-refractivity contribution is 0.341. The van der Waals surface area contributed by atoms with Gasteiger partial charge in [-0.1, -0.05) is 42.1 Å². The zero-order chi connectivity index (χ0) is 18.6. The Balaban J connectivity index is 1.60. The van der Waals surface area contributed by atoms with E-state index in [0.29, 0.717) is 34.4 Å². The molecule has 0 spiro atoms. The van der Waals surface area contributed by atoms with Crippen molar-refractivity contribution in [2.24, 2.45) is 0 Å². The standard InChI is InChI=1S/C19H17N5O2S/c1-13-6-2-5-9-16(13)26-10-11-27-19-22-15-8-4-3-7-14(15)17(25)24(19)18-20-12-21-23-18/h2-9,12H,10-11H2,1H3,(H,20,21,23). The minimum atomic E-state index is -0.181. The fourth-order valence-electron chi connectivity index (χ4n) is 2.71. The maximum absolute atomic E-state index is 12.9. The van der Waals surface area contributed by atoms with Gasteiger partial charge in [0.05, 0.1) is 17.5 Å². The average Bonchev–Trinajstić information content (AvgIpc) is 3.21. The lowest BCUT2D eigenvalue weighted by Crippen LogP contribution is -2.23. The highest BCUT2D eigenvalue weighted by Gasteiger charge is 2.15. The van der Waals surface area contributed by atoms with E-state index in [0.717, 1.165) is 11.3 Å². The van der Waals surface area contributed by atoms with Crippen molar-refractivity contribution < 1.29 is 4.74 Å². The number of hydrogen-bond acceptors (Lipinski definition) is 6. The lowest BCUT2D eigenvalue weighted by Gasteiger charge is -2.11. The third kappa shape index (κ3) is 3.56. The molecule has 0 aliphatic carbocycles. The van der Waals surface area contributed by atoms with Crippen LogP contribution in [0.15, 0.2) is 64.8 Å². The van der Waals surface area contributed by atoms with E-state index in [1.165, 1.54) is 22.7 Å². The third-order valence-electron chi connectivity index (χ3n) is 4.02. The van der Waals surface area contributed by atoms with Gasteiger partial charge in [0.25, 0.3) is 5.56 Å². The van der Waals surface area contributed by atoms with Crippen LogP contribution in [0.4, 0.5) is 0 Å². The molecule has 1 N–H and O–H groups in total. The molecule has 0 aliphatic rings. The first-order valence-electron chi connectivity index (χ1n) is 8.43. The summed E-state index contributed by atoms with van der Waals surface area (Å²) in [4.78, 5) is 21.7. The van der Waals surface area contributed by atoms with Crippen LogP contribution < -0.4 is 10.3 Å². The second-order valence-corrected chi connectivity index (χ2v) is 6.89. The monoisotopic (exact) mass is 379 g/mol. The number of thioether (sulfide) groups is 1. The summed E-state index contributed by atoms with van der Waals surface area (Å²) in [6.07, 6.45) is 1.37. The van der Waals surface area contributed by atoms with Crippen LogP contribution in [0.3, 0.4) is 0 Å². The summed E-state index contributed by atoms with van der Waals surface area (Å²) >= 11 is 1.44. The first kappa shape index (κ1) is 17.3. The van der Waals surface area contributed by atoms with Gasteiger partial charge >= 0.3 is 0 Å². The molecule has 2 heterocycles. The quantitative estimate of drug-likeness (QED) is 0.315. The van der Waals surface area contributed by atoms with Crippen LogP contribution in [0, 0.1) is 6.92 Å². The van der Waals surface area contributed by atoms with Gasteiger partial charge in [-0.2, -0.15) is 10.1 Å². The van der Waals surface area contributed by atoms with Gasteiger partial charge in [-0.25, -0.2) is 14.6 Å². The SMILES string of the molecule is Cc1ccccc1OCCSc1nc2ccccc2c(=O)n1-c1ncn[nH]1. The number of aryl methyl sites for hydroxylation is 1. The Hall–Kier alpha value is -3.13. The molecule has 4 aromatic rings. The molecule has 2 aromatic carbocycles. The number of aromatic amines is 1. The molecule has 0 saturated heterocycles. The van der Waals surface area contributed by atoms with Crippen molar-refractivity contribution in [1.82, 2.24) is 24.7 Å². The summed E-state index contributed by atoms with van der Waals surface area (Å²) in [6, 6.07) is 15.1. The fourth-order valence-corrected chi connectivity index (χ4v) is 3.52. The lowest BCUT2D eigenvalue weighted by atomic mass is 10.2. The fraction of sp³-hybridized carbons (Fsp3) is 0.158. The summed E-state index contributed by atoms with van der Waals surface area (Å²) in [7, 11) is 0. The Kier molecular flexibility index (Phi) is 4.88. The van der Waals surface area contributed by atoms with Crippen LogP contribution in [0.25, 0.3) is 16.9 Å². The Bertz CT molecular complexity index is 1120. The van der Waals surface area contributed by atoms with E-state index < -0.39 is 0 Å². The molecule has 0 amide bonds. The summed E-state index contributed by atoms with van der Waals surface area (Å²) < 4.78 is 7.29. The zero-order valence-corrected chi connectivity index (χ0v) is 15.4. The van der Waals surface area contributed by atoms with Crippen molar-refractivity contribution in [2.75, 3.05) is 12.4 Å². The molecule has 0 fully saturated rings. The number of nitrogens with zero attached hydrogens (tertiary/aromatic N) is 4. The van der Waals surface area contributed by atoms with Gasteiger partial charge < -0.3 is 4.74 Å². The number of hydrogen-bond donors (Lipinski definition) is 1. The van der Waals surface area contributed by atoms with Gasteiger partial charge in [-0.15, -0.1) is 0 Å². The maximum Gasteiger partial charge on any atom is 0.269 e. The average molecular weight is 379 g/mol. The number of fused-ring (bicyclic) bond motifs is 1. The van der Waals surface area contributed by atoms with Gasteiger partial charge in [0.2, 0.25) is 5.95 Å². The van der Waals surface area contributed by atoms with E-state index in [4.69, 9.17) is 4.74 Å². The number of H-pyrrole nitrogens is 1. The van der Waals surface area contributed by atoms with Gasteiger partial charge in [0.15, 0.2) is 5.16 Å². The molecule has 0 radical (unpaired) electrons. The molecule has 7 nitrogen and oxygen atoms in total. The molecule has 136 valence electrons. The number of benzene rings is 2. The highest BCUT2D eigenvalue weighted by atomic mass is 32.2. The Morgan fingerprint density at radius 3 is 2.78 bits per heavy atom. The van der Waals surface area contributed by atoms with Gasteiger partial charge in [0.1, 0.15) is 12.1 Å². The number of para-hydroxylation sites is 2. The summed E-state index contributed by atoms with van der Waals surface area (Å²) in [5.74, 6) is 1.84. The van der Waals surface area contributed by atoms with Crippen molar-refractivity contribution >= 4 is 22.7 Å². The Labute approximate surface area is 159 Å². The predicted molar refractivity (Wildman–Crippen MR) is 105 cm³/mol. The predicted octanol–water partition coefficient (Wildman–Crippen LogP) is 2.98. The largest absolute Gasteiger partial charge is 0.492 e. The molecular weight excluding hydrogens is 362 g/mol. The zero-order valence-electron chi connectivity index (χ0n) is 14.6. The van der Waals surface area contributed by atoms with Crippen LogP contribution in [-0.4, -0.2) is 37.1 Å². The number of nitrogens with one attached hydrogen (secondary N) is 1. The highest BCUT2D eigenvalue weighted by molar-refractivity contribution is 7.99. The molecule has 27 heavy (non-hydrogen) atoms. The number of rotatable bonds is 6. The molecular formula is C19H17N5O2S. The van der Waals surface area contributed by atoms with Crippen LogP contribution >= 0.6 is 11.8 Å². The first-order valence-corrected chi connectivity index (χ1v) is 9.41. The molecule has 4 rings (SSSR count). The normalized spacial score (nSPS) is 11.0. The van der Waals surface area contributed by atoms with E-state index in [-0.39, 0.29) is 5.56 Å². The van der Waals surface area contributed by atoms with Crippen molar-refractivity contribution in [1.29, 1.82) is 0 Å². The van der Waals surface area contributed by atoms with Crippen molar-refractivity contribution in [3.8, 4) is 11.7 Å². The second kappa shape index (κ2) is 7.63. The summed E-state index contributed by atoms with van der Waals surface area (Å²) in [5.41, 5.74) is 1.56. The van der Waals surface area contributed by atoms with Crippen LogP contribution in [-0.2, 0) is 0 Å². The van der Waals surface area contributed by atoms with Crippen LogP contribution in [0.1, 0.15) is 5.56 Å². The first-order chi connectivity index (χ1) is 13.2. The minimum absolute atomic E-state index is 0.181. The third-order valence-corrected chi connectivity index (χ3v) is 4.93. The Morgan fingerprint density at radius 1 is 1.15 bits per heavy atom. The topological polar surface area (TPSA) is 85.7 Å². The van der Waals surface area contributed by atoms with E-state index in [9.17, 15) is 4.79 Å². The van der Waals surface area contributed by atoms with E-state index in [1.54, 1.807) is 6.07 Å². The number of aromatic nitrogens is 5. The van der Waals surface area contributed by atoms with Crippen LogP contribution in [0.2, 0.25) is 0 Å². The molecule has 0 unspecified atom stereocenters. The number of ether oxygens (including phenoxy) is 1. The second-order valence-electron chi connectivity index (χ2n) is 5.82. The van der Waals surface area contributed by atoms with E-state index in [2.05, 4.69) is 20.2 Å². The van der Waals surface area contributed by atoms with Gasteiger partial charge in [-0.3, -0.25) is 4.79 Å². The van der Waals surface area contributed by atoms with E-state index >= 15 is 0 Å². The molecule has 8 heteroatoms. The molecule has 0 bridgehead atoms. The molecule has 2 aromatic heterocycles. The summed E-state index contributed by atoms with van der Waals surface area (Å²) in [5, 5.41) is 7.67. The van der Waals surface area contributed by atoms with Crippen molar-refractivity contribution in [3.63, 3.8) is 0 Å². The smallest absolute Gasteiger partial charge is 0.269 e. The summed E-state index contributed by atoms with van der Waals surface area (Å²) in [6.45, 7) is 2.50. The Morgan fingerprint density at radius 2 is 1.96 bits per heavy atom. The van der Waals surface area contributed by atoms with Gasteiger partial charge in [-0.05, 0) is 30.7 Å². The highest BCUT2D eigenvalue weighted by Crippen LogP contribution is 2.21. The van der Waals surface area contributed by atoms with Gasteiger partial charge in [0, 0.05) is 5.75 Å². The maximum atomic E-state index is 12.9. The molecule has 0 aliphatic heterocycles. The minimum Gasteiger partial charge on any atom is -0.492 e. The van der Waals surface area contributed by atoms with Crippen molar-refractivity contribution in [3.05, 3.63) is 70.8 Å². The van der Waals surface area contributed by atoms with Crippen molar-refractivity contribution in [2.45, 2.75) is 12.1 Å².